The van der Waals surface area contributed by atoms with Gasteiger partial charge in [-0.2, -0.15) is 0 Å². The number of hydrogen-bond donors (Lipinski definition) is 1. The molecule has 0 bridgehead atoms. The van der Waals surface area contributed by atoms with Crippen molar-refractivity contribution >= 4 is 5.91 Å². The highest BCUT2D eigenvalue weighted by molar-refractivity contribution is 5.78. The third kappa shape index (κ3) is 3.18. The summed E-state index contributed by atoms with van der Waals surface area (Å²) in [7, 11) is 1.66. The Morgan fingerprint density at radius 1 is 1.53 bits per heavy atom. The lowest BCUT2D eigenvalue weighted by Gasteiger charge is -2.37. The van der Waals surface area contributed by atoms with E-state index in [-0.39, 0.29) is 12.0 Å². The summed E-state index contributed by atoms with van der Waals surface area (Å²) in [5, 5.41) is 3.11. The fourth-order valence-electron chi connectivity index (χ4n) is 2.71. The summed E-state index contributed by atoms with van der Waals surface area (Å²) < 4.78 is 10.6. The molecular formula is C12H22N2O3. The molecule has 5 nitrogen and oxygen atoms in total. The second kappa shape index (κ2) is 6.33. The maximum absolute atomic E-state index is 12.1. The van der Waals surface area contributed by atoms with Gasteiger partial charge < -0.3 is 19.7 Å². The first kappa shape index (κ1) is 12.8. The van der Waals surface area contributed by atoms with Gasteiger partial charge in [0.1, 0.15) is 0 Å². The number of fused-ring (bicyclic) bond motifs is 1. The van der Waals surface area contributed by atoms with E-state index in [1.165, 1.54) is 6.42 Å². The molecule has 2 atom stereocenters. The molecule has 2 aliphatic rings. The molecular weight excluding hydrogens is 220 g/mol. The van der Waals surface area contributed by atoms with Crippen LogP contribution >= 0.6 is 0 Å². The van der Waals surface area contributed by atoms with E-state index >= 15 is 0 Å². The summed E-state index contributed by atoms with van der Waals surface area (Å²) in [4.78, 5) is 14.1. The summed E-state index contributed by atoms with van der Waals surface area (Å²) in [6.07, 6.45) is 3.66. The van der Waals surface area contributed by atoms with Crippen LogP contribution in [0, 0.1) is 0 Å². The Labute approximate surface area is 102 Å². The van der Waals surface area contributed by atoms with Gasteiger partial charge in [0.25, 0.3) is 0 Å². The highest BCUT2D eigenvalue weighted by Crippen LogP contribution is 2.29. The predicted octanol–water partition coefficient (Wildman–Crippen LogP) is 0.00230. The van der Waals surface area contributed by atoms with Gasteiger partial charge in [-0.1, -0.05) is 0 Å². The van der Waals surface area contributed by atoms with Gasteiger partial charge in [-0.25, -0.2) is 0 Å². The number of carbonyl (C=O) groups is 1. The minimum atomic E-state index is 0.196. The van der Waals surface area contributed by atoms with E-state index in [0.717, 1.165) is 25.9 Å². The molecule has 0 aromatic heterocycles. The zero-order valence-electron chi connectivity index (χ0n) is 10.5. The van der Waals surface area contributed by atoms with Gasteiger partial charge in [0.2, 0.25) is 5.91 Å². The first-order valence-corrected chi connectivity index (χ1v) is 6.43. The van der Waals surface area contributed by atoms with Gasteiger partial charge in [0, 0.05) is 20.2 Å². The molecule has 2 rings (SSSR count). The molecule has 5 heteroatoms. The SMILES string of the molecule is COCCNCC(=O)N1CCOC2CCCC21. The molecule has 0 aromatic carbocycles. The van der Waals surface area contributed by atoms with Crippen LogP contribution in [-0.2, 0) is 14.3 Å². The smallest absolute Gasteiger partial charge is 0.236 e. The number of methoxy groups -OCH3 is 1. The first-order chi connectivity index (χ1) is 8.33. The number of nitrogens with zero attached hydrogens (tertiary/aromatic N) is 1. The number of carbonyl (C=O) groups excluding carboxylic acids is 1. The summed E-state index contributed by atoms with van der Waals surface area (Å²) in [5.74, 6) is 0.196. The van der Waals surface area contributed by atoms with Crippen molar-refractivity contribution in [3.63, 3.8) is 0 Å². The zero-order chi connectivity index (χ0) is 12.1. The largest absolute Gasteiger partial charge is 0.383 e. The molecule has 98 valence electrons. The van der Waals surface area contributed by atoms with Crippen molar-refractivity contribution in [3.05, 3.63) is 0 Å². The van der Waals surface area contributed by atoms with Crippen molar-refractivity contribution in [3.8, 4) is 0 Å². The van der Waals surface area contributed by atoms with E-state index in [4.69, 9.17) is 9.47 Å². The highest BCUT2D eigenvalue weighted by atomic mass is 16.5. The summed E-state index contributed by atoms with van der Waals surface area (Å²) >= 11 is 0. The number of ether oxygens (including phenoxy) is 2. The molecule has 1 saturated carbocycles. The zero-order valence-corrected chi connectivity index (χ0v) is 10.5. The van der Waals surface area contributed by atoms with Gasteiger partial charge in [0.05, 0.1) is 31.9 Å². The average Bonchev–Trinajstić information content (AvgIpc) is 2.82. The van der Waals surface area contributed by atoms with Crippen molar-refractivity contribution in [1.82, 2.24) is 10.2 Å². The van der Waals surface area contributed by atoms with Crippen molar-refractivity contribution in [1.29, 1.82) is 0 Å². The van der Waals surface area contributed by atoms with Crippen molar-refractivity contribution in [2.75, 3.05) is 40.0 Å². The maximum Gasteiger partial charge on any atom is 0.236 e. The Hall–Kier alpha value is -0.650. The van der Waals surface area contributed by atoms with Gasteiger partial charge >= 0.3 is 0 Å². The van der Waals surface area contributed by atoms with E-state index < -0.39 is 0 Å². The van der Waals surface area contributed by atoms with Gasteiger partial charge in [-0.05, 0) is 19.3 Å². The molecule has 17 heavy (non-hydrogen) atoms. The van der Waals surface area contributed by atoms with Gasteiger partial charge in [0.15, 0.2) is 0 Å². The number of hydrogen-bond acceptors (Lipinski definition) is 4. The van der Waals surface area contributed by atoms with E-state index in [0.29, 0.717) is 25.8 Å². The molecule has 1 N–H and O–H groups in total. The number of rotatable bonds is 5. The third-order valence-electron chi connectivity index (χ3n) is 3.56. The van der Waals surface area contributed by atoms with Crippen LogP contribution in [0.1, 0.15) is 19.3 Å². The maximum atomic E-state index is 12.1. The number of amides is 1. The average molecular weight is 242 g/mol. The summed E-state index contributed by atoms with van der Waals surface area (Å²) in [6.45, 7) is 3.20. The predicted molar refractivity (Wildman–Crippen MR) is 63.8 cm³/mol. The Kier molecular flexibility index (Phi) is 4.76. The Morgan fingerprint density at radius 2 is 2.41 bits per heavy atom. The highest BCUT2D eigenvalue weighted by Gasteiger charge is 2.37. The second-order valence-electron chi connectivity index (χ2n) is 4.66. The minimum absolute atomic E-state index is 0.196. The molecule has 1 aliphatic carbocycles. The van der Waals surface area contributed by atoms with Gasteiger partial charge in [-0.15, -0.1) is 0 Å². The second-order valence-corrected chi connectivity index (χ2v) is 4.66. The van der Waals surface area contributed by atoms with Crippen LogP contribution in [-0.4, -0.2) is 62.9 Å². The molecule has 2 fully saturated rings. The van der Waals surface area contributed by atoms with Gasteiger partial charge in [-0.3, -0.25) is 4.79 Å². The number of nitrogens with one attached hydrogen (secondary N) is 1. The molecule has 1 aliphatic heterocycles. The van der Waals surface area contributed by atoms with Crippen LogP contribution in [0.4, 0.5) is 0 Å². The molecule has 0 aromatic rings. The Morgan fingerprint density at radius 3 is 3.24 bits per heavy atom. The van der Waals surface area contributed by atoms with Crippen LogP contribution in [0.15, 0.2) is 0 Å². The first-order valence-electron chi connectivity index (χ1n) is 6.43. The lowest BCUT2D eigenvalue weighted by Crippen LogP contribution is -2.53. The lowest BCUT2D eigenvalue weighted by molar-refractivity contribution is -0.143. The normalized spacial score (nSPS) is 28.2. The quantitative estimate of drug-likeness (QED) is 0.690. The minimum Gasteiger partial charge on any atom is -0.383 e. The van der Waals surface area contributed by atoms with E-state index in [1.807, 2.05) is 4.90 Å². The van der Waals surface area contributed by atoms with Crippen molar-refractivity contribution in [2.24, 2.45) is 0 Å². The Balaban J connectivity index is 1.77. The van der Waals surface area contributed by atoms with Crippen molar-refractivity contribution in [2.45, 2.75) is 31.4 Å². The third-order valence-corrected chi connectivity index (χ3v) is 3.56. The molecule has 1 amide bonds. The lowest BCUT2D eigenvalue weighted by atomic mass is 10.1. The monoisotopic (exact) mass is 242 g/mol. The van der Waals surface area contributed by atoms with Crippen LogP contribution in [0.25, 0.3) is 0 Å². The van der Waals surface area contributed by atoms with Crippen LogP contribution < -0.4 is 5.32 Å². The topological polar surface area (TPSA) is 50.8 Å². The van der Waals surface area contributed by atoms with Crippen molar-refractivity contribution < 1.29 is 14.3 Å². The van der Waals surface area contributed by atoms with Crippen LogP contribution in [0.2, 0.25) is 0 Å². The Bertz CT molecular complexity index is 260. The molecule has 0 radical (unpaired) electrons. The molecule has 0 spiro atoms. The molecule has 1 saturated heterocycles. The number of morpholine rings is 1. The molecule has 1 heterocycles. The standard InChI is InChI=1S/C12H22N2O3/c1-16-7-5-13-9-12(15)14-6-8-17-11-4-2-3-10(11)14/h10-11,13H,2-9H2,1H3. The fraction of sp³-hybridized carbons (Fsp3) is 0.917. The summed E-state index contributed by atoms with van der Waals surface area (Å²) in [6, 6.07) is 0.320. The van der Waals surface area contributed by atoms with Crippen LogP contribution in [0.5, 0.6) is 0 Å². The fourth-order valence-corrected chi connectivity index (χ4v) is 2.71. The van der Waals surface area contributed by atoms with E-state index in [2.05, 4.69) is 5.32 Å². The van der Waals surface area contributed by atoms with E-state index in [1.54, 1.807) is 7.11 Å². The van der Waals surface area contributed by atoms with E-state index in [9.17, 15) is 4.79 Å². The molecule has 2 unspecified atom stereocenters. The summed E-state index contributed by atoms with van der Waals surface area (Å²) in [5.41, 5.74) is 0. The van der Waals surface area contributed by atoms with Crippen LogP contribution in [0.3, 0.4) is 0 Å².